The summed E-state index contributed by atoms with van der Waals surface area (Å²) < 4.78 is 6.44. The Morgan fingerprint density at radius 2 is 1.94 bits per heavy atom. The molecule has 0 saturated carbocycles. The van der Waals surface area contributed by atoms with Crippen molar-refractivity contribution in [2.45, 2.75) is 19.9 Å². The number of aromatic amines is 1. The highest BCUT2D eigenvalue weighted by Gasteiger charge is 2.14. The molecular weight excluding hydrogens is 222 g/mol. The van der Waals surface area contributed by atoms with Gasteiger partial charge in [-0.2, -0.15) is 0 Å². The van der Waals surface area contributed by atoms with Crippen LogP contribution in [0.5, 0.6) is 0 Å². The van der Waals surface area contributed by atoms with Gasteiger partial charge in [-0.3, -0.25) is 14.3 Å². The molecule has 6 nitrogen and oxygen atoms in total. The van der Waals surface area contributed by atoms with E-state index >= 15 is 0 Å². The summed E-state index contributed by atoms with van der Waals surface area (Å²) in [5, 5.41) is 0. The van der Waals surface area contributed by atoms with Crippen molar-refractivity contribution in [2.75, 3.05) is 31.2 Å². The van der Waals surface area contributed by atoms with E-state index in [2.05, 4.69) is 4.98 Å². The van der Waals surface area contributed by atoms with E-state index in [4.69, 9.17) is 4.74 Å². The molecule has 0 atom stereocenters. The SMILES string of the molecule is CC(C)n1c(=O)cc(N2CCOCC2)[nH]c1=O. The van der Waals surface area contributed by atoms with Crippen LogP contribution in [0.3, 0.4) is 0 Å². The van der Waals surface area contributed by atoms with Gasteiger partial charge in [-0.05, 0) is 13.8 Å². The number of anilines is 1. The normalized spacial score (nSPS) is 16.5. The zero-order valence-corrected chi connectivity index (χ0v) is 10.1. The van der Waals surface area contributed by atoms with Gasteiger partial charge in [0.1, 0.15) is 5.82 Å². The average Bonchev–Trinajstić information content (AvgIpc) is 2.28. The van der Waals surface area contributed by atoms with Gasteiger partial charge in [0.25, 0.3) is 5.56 Å². The number of rotatable bonds is 2. The number of hydrogen-bond donors (Lipinski definition) is 1. The van der Waals surface area contributed by atoms with Gasteiger partial charge < -0.3 is 9.64 Å². The molecule has 17 heavy (non-hydrogen) atoms. The van der Waals surface area contributed by atoms with Crippen LogP contribution in [0.25, 0.3) is 0 Å². The van der Waals surface area contributed by atoms with E-state index in [0.29, 0.717) is 32.1 Å². The van der Waals surface area contributed by atoms with Gasteiger partial charge in [-0.15, -0.1) is 0 Å². The molecule has 0 aromatic carbocycles. The molecule has 1 saturated heterocycles. The van der Waals surface area contributed by atoms with Crippen molar-refractivity contribution in [3.63, 3.8) is 0 Å². The number of morpholine rings is 1. The zero-order valence-electron chi connectivity index (χ0n) is 10.1. The third kappa shape index (κ3) is 2.41. The van der Waals surface area contributed by atoms with Gasteiger partial charge >= 0.3 is 5.69 Å². The van der Waals surface area contributed by atoms with Crippen LogP contribution < -0.4 is 16.1 Å². The van der Waals surface area contributed by atoms with Crippen molar-refractivity contribution >= 4 is 5.82 Å². The van der Waals surface area contributed by atoms with Crippen molar-refractivity contribution in [3.8, 4) is 0 Å². The molecule has 1 aromatic heterocycles. The van der Waals surface area contributed by atoms with Crippen LogP contribution in [-0.4, -0.2) is 35.9 Å². The van der Waals surface area contributed by atoms with Gasteiger partial charge in [-0.25, -0.2) is 4.79 Å². The Morgan fingerprint density at radius 1 is 1.29 bits per heavy atom. The van der Waals surface area contributed by atoms with Crippen LogP contribution in [0.2, 0.25) is 0 Å². The molecule has 1 N–H and O–H groups in total. The predicted molar refractivity (Wildman–Crippen MR) is 64.7 cm³/mol. The third-order valence-corrected chi connectivity index (χ3v) is 2.82. The fraction of sp³-hybridized carbons (Fsp3) is 0.636. The second-order valence-electron chi connectivity index (χ2n) is 4.36. The Balaban J connectivity index is 2.38. The van der Waals surface area contributed by atoms with Gasteiger partial charge in [0.05, 0.1) is 13.2 Å². The third-order valence-electron chi connectivity index (χ3n) is 2.82. The van der Waals surface area contributed by atoms with Crippen molar-refractivity contribution < 1.29 is 4.74 Å². The Hall–Kier alpha value is -1.56. The lowest BCUT2D eigenvalue weighted by molar-refractivity contribution is 0.122. The summed E-state index contributed by atoms with van der Waals surface area (Å²) in [4.78, 5) is 28.3. The largest absolute Gasteiger partial charge is 0.378 e. The number of hydrogen-bond acceptors (Lipinski definition) is 4. The molecule has 0 amide bonds. The predicted octanol–water partition coefficient (Wildman–Crippen LogP) is -0.0459. The molecule has 0 aliphatic carbocycles. The summed E-state index contributed by atoms with van der Waals surface area (Å²) in [6.07, 6.45) is 0. The molecule has 2 rings (SSSR count). The maximum Gasteiger partial charge on any atom is 0.330 e. The summed E-state index contributed by atoms with van der Waals surface area (Å²) in [7, 11) is 0. The molecule has 2 heterocycles. The first-order valence-electron chi connectivity index (χ1n) is 5.78. The number of ether oxygens (including phenoxy) is 1. The van der Waals surface area contributed by atoms with Crippen LogP contribution in [-0.2, 0) is 4.74 Å². The first kappa shape index (κ1) is 11.9. The van der Waals surface area contributed by atoms with Crippen LogP contribution >= 0.6 is 0 Å². The first-order chi connectivity index (χ1) is 8.09. The number of nitrogens with one attached hydrogen (secondary N) is 1. The van der Waals surface area contributed by atoms with Crippen molar-refractivity contribution in [1.29, 1.82) is 0 Å². The first-order valence-corrected chi connectivity index (χ1v) is 5.78. The Morgan fingerprint density at radius 3 is 2.47 bits per heavy atom. The van der Waals surface area contributed by atoms with Gasteiger partial charge in [-0.1, -0.05) is 0 Å². The molecule has 1 aliphatic rings. The lowest BCUT2D eigenvalue weighted by Gasteiger charge is -2.28. The molecule has 1 aliphatic heterocycles. The maximum absolute atomic E-state index is 11.8. The van der Waals surface area contributed by atoms with E-state index in [1.165, 1.54) is 10.6 Å². The quantitative estimate of drug-likeness (QED) is 0.786. The lowest BCUT2D eigenvalue weighted by atomic mass is 10.3. The maximum atomic E-state index is 11.8. The lowest BCUT2D eigenvalue weighted by Crippen LogP contribution is -2.42. The fourth-order valence-electron chi connectivity index (χ4n) is 1.96. The van der Waals surface area contributed by atoms with Crippen LogP contribution in [0, 0.1) is 0 Å². The fourth-order valence-corrected chi connectivity index (χ4v) is 1.96. The highest BCUT2D eigenvalue weighted by molar-refractivity contribution is 5.36. The van der Waals surface area contributed by atoms with Crippen molar-refractivity contribution in [3.05, 3.63) is 26.9 Å². The smallest absolute Gasteiger partial charge is 0.330 e. The number of aromatic nitrogens is 2. The Labute approximate surface area is 98.8 Å². The average molecular weight is 239 g/mol. The second-order valence-corrected chi connectivity index (χ2v) is 4.36. The summed E-state index contributed by atoms with van der Waals surface area (Å²) >= 11 is 0. The van der Waals surface area contributed by atoms with Crippen molar-refractivity contribution in [2.24, 2.45) is 0 Å². The monoisotopic (exact) mass is 239 g/mol. The topological polar surface area (TPSA) is 67.3 Å². The molecule has 0 spiro atoms. The summed E-state index contributed by atoms with van der Waals surface area (Å²) in [6.45, 7) is 6.25. The van der Waals surface area contributed by atoms with Gasteiger partial charge in [0, 0.05) is 25.2 Å². The van der Waals surface area contributed by atoms with Crippen LogP contribution in [0.1, 0.15) is 19.9 Å². The minimum atomic E-state index is -0.353. The van der Waals surface area contributed by atoms with Crippen molar-refractivity contribution in [1.82, 2.24) is 9.55 Å². The van der Waals surface area contributed by atoms with E-state index < -0.39 is 0 Å². The van der Waals surface area contributed by atoms with E-state index in [0.717, 1.165) is 0 Å². The minimum absolute atomic E-state index is 0.134. The number of H-pyrrole nitrogens is 1. The molecule has 6 heteroatoms. The van der Waals surface area contributed by atoms with E-state index in [1.807, 2.05) is 18.7 Å². The molecule has 0 unspecified atom stereocenters. The van der Waals surface area contributed by atoms with E-state index in [9.17, 15) is 9.59 Å². The molecular formula is C11H17N3O3. The summed E-state index contributed by atoms with van der Waals surface area (Å²) in [5.41, 5.74) is -0.612. The molecule has 1 aromatic rings. The molecule has 0 bridgehead atoms. The number of nitrogens with zero attached hydrogens (tertiary/aromatic N) is 2. The Bertz CT molecular complexity index is 466. The van der Waals surface area contributed by atoms with E-state index in [-0.39, 0.29) is 17.3 Å². The van der Waals surface area contributed by atoms with Gasteiger partial charge in [0.15, 0.2) is 0 Å². The minimum Gasteiger partial charge on any atom is -0.378 e. The summed E-state index contributed by atoms with van der Waals surface area (Å²) in [5.74, 6) is 0.584. The van der Waals surface area contributed by atoms with Gasteiger partial charge in [0.2, 0.25) is 0 Å². The molecule has 1 fully saturated rings. The highest BCUT2D eigenvalue weighted by atomic mass is 16.5. The van der Waals surface area contributed by atoms with Crippen LogP contribution in [0.15, 0.2) is 15.7 Å². The van der Waals surface area contributed by atoms with E-state index in [1.54, 1.807) is 0 Å². The zero-order chi connectivity index (χ0) is 12.4. The highest BCUT2D eigenvalue weighted by Crippen LogP contribution is 2.08. The molecule has 94 valence electrons. The second kappa shape index (κ2) is 4.75. The summed E-state index contributed by atoms with van der Waals surface area (Å²) in [6, 6.07) is 1.34. The standard InChI is InChI=1S/C11H17N3O3/c1-8(2)14-10(15)7-9(12-11(14)16)13-3-5-17-6-4-13/h7-8H,3-6H2,1-2H3,(H,12,16). The molecule has 0 radical (unpaired) electrons. The van der Waals surface area contributed by atoms with Crippen LogP contribution in [0.4, 0.5) is 5.82 Å². The Kier molecular flexibility index (Phi) is 3.33.